The first kappa shape index (κ1) is 14.5. The minimum absolute atomic E-state index is 0.163. The third-order valence-corrected chi connectivity index (χ3v) is 4.22. The van der Waals surface area contributed by atoms with Crippen LogP contribution in [-0.4, -0.2) is 10.9 Å². The number of nitrogens with two attached hydrogens (primary N) is 2. The normalized spacial score (nSPS) is 22.1. The summed E-state index contributed by atoms with van der Waals surface area (Å²) in [6.07, 6.45) is 0. The maximum absolute atomic E-state index is 11.7. The molecule has 1 amide bonds. The standard InChI is InChI=1S/C13H11BrN4OS/c14-8-4-2-1-3-6(8)9-7(5-15)11(16)18-13(20)10(9)12(17)19/h1-4,9-10H,16H2,(H2,17,19)(H,18,20). The summed E-state index contributed by atoms with van der Waals surface area (Å²) in [5, 5.41) is 12.0. The number of carbonyl (C=O) groups is 1. The summed E-state index contributed by atoms with van der Waals surface area (Å²) in [7, 11) is 0. The molecule has 0 spiro atoms. The molecule has 2 rings (SSSR count). The number of thiocarbonyl (C=S) groups is 1. The van der Waals surface area contributed by atoms with Gasteiger partial charge in [-0.2, -0.15) is 5.26 Å². The molecular formula is C13H11BrN4OS. The Morgan fingerprint density at radius 2 is 2.10 bits per heavy atom. The van der Waals surface area contributed by atoms with Gasteiger partial charge in [0.25, 0.3) is 0 Å². The molecule has 0 aliphatic carbocycles. The van der Waals surface area contributed by atoms with Crippen LogP contribution in [0.4, 0.5) is 0 Å². The monoisotopic (exact) mass is 350 g/mol. The fourth-order valence-corrected chi connectivity index (χ4v) is 3.14. The largest absolute Gasteiger partial charge is 0.384 e. The highest BCUT2D eigenvalue weighted by atomic mass is 79.9. The number of primary amides is 1. The number of nitrogens with zero attached hydrogens (tertiary/aromatic N) is 1. The van der Waals surface area contributed by atoms with Crippen LogP contribution in [-0.2, 0) is 4.79 Å². The van der Waals surface area contributed by atoms with Gasteiger partial charge < -0.3 is 16.8 Å². The average molecular weight is 351 g/mol. The maximum atomic E-state index is 11.7. The molecule has 5 nitrogen and oxygen atoms in total. The molecular weight excluding hydrogens is 340 g/mol. The molecule has 0 radical (unpaired) electrons. The molecule has 0 saturated carbocycles. The van der Waals surface area contributed by atoms with Crippen LogP contribution in [0.25, 0.3) is 0 Å². The van der Waals surface area contributed by atoms with Crippen molar-refractivity contribution < 1.29 is 4.79 Å². The highest BCUT2D eigenvalue weighted by Crippen LogP contribution is 2.39. The molecule has 2 atom stereocenters. The first-order valence-corrected chi connectivity index (χ1v) is 6.91. The number of benzene rings is 1. The molecule has 2 unspecified atom stereocenters. The van der Waals surface area contributed by atoms with E-state index in [0.717, 1.165) is 10.0 Å². The zero-order valence-corrected chi connectivity index (χ0v) is 12.7. The van der Waals surface area contributed by atoms with Crippen LogP contribution in [0.3, 0.4) is 0 Å². The van der Waals surface area contributed by atoms with Crippen LogP contribution in [0.15, 0.2) is 40.1 Å². The van der Waals surface area contributed by atoms with E-state index in [-0.39, 0.29) is 16.4 Å². The predicted molar refractivity (Wildman–Crippen MR) is 82.1 cm³/mol. The van der Waals surface area contributed by atoms with Crippen molar-refractivity contribution in [3.8, 4) is 6.07 Å². The molecule has 7 heteroatoms. The fourth-order valence-electron chi connectivity index (χ4n) is 2.25. The summed E-state index contributed by atoms with van der Waals surface area (Å²) in [5.74, 6) is -1.81. The number of nitrogens with one attached hydrogen (secondary N) is 1. The van der Waals surface area contributed by atoms with E-state index < -0.39 is 17.7 Å². The molecule has 0 fully saturated rings. The van der Waals surface area contributed by atoms with Gasteiger partial charge in [-0.3, -0.25) is 4.79 Å². The van der Waals surface area contributed by atoms with Crippen LogP contribution in [0.1, 0.15) is 11.5 Å². The molecule has 1 heterocycles. The fraction of sp³-hybridized carbons (Fsp3) is 0.154. The van der Waals surface area contributed by atoms with Gasteiger partial charge in [0.15, 0.2) is 0 Å². The highest BCUT2D eigenvalue weighted by molar-refractivity contribution is 9.10. The Hall–Kier alpha value is -1.91. The van der Waals surface area contributed by atoms with Gasteiger partial charge in [-0.25, -0.2) is 0 Å². The second-order valence-electron chi connectivity index (χ2n) is 4.31. The molecule has 0 aromatic heterocycles. The van der Waals surface area contributed by atoms with E-state index >= 15 is 0 Å². The molecule has 1 aliphatic heterocycles. The van der Waals surface area contributed by atoms with Gasteiger partial charge in [-0.1, -0.05) is 46.3 Å². The van der Waals surface area contributed by atoms with Crippen molar-refractivity contribution in [1.29, 1.82) is 5.26 Å². The number of nitriles is 1. The number of hydrogen-bond acceptors (Lipinski definition) is 4. The SMILES string of the molecule is N#CC1=C(N)NC(=S)C(C(N)=O)C1c1ccccc1Br. The molecule has 102 valence electrons. The first-order chi connectivity index (χ1) is 9.47. The van der Waals surface area contributed by atoms with E-state index in [4.69, 9.17) is 23.7 Å². The number of allylic oxidation sites excluding steroid dienone is 1. The molecule has 1 aromatic rings. The third-order valence-electron chi connectivity index (χ3n) is 3.14. The van der Waals surface area contributed by atoms with Gasteiger partial charge in [0.1, 0.15) is 11.7 Å². The molecule has 1 aliphatic rings. The average Bonchev–Trinajstić information content (AvgIpc) is 2.38. The van der Waals surface area contributed by atoms with Crippen molar-refractivity contribution in [2.75, 3.05) is 0 Å². The molecule has 5 N–H and O–H groups in total. The van der Waals surface area contributed by atoms with Crippen molar-refractivity contribution in [3.63, 3.8) is 0 Å². The summed E-state index contributed by atoms with van der Waals surface area (Å²) < 4.78 is 0.765. The van der Waals surface area contributed by atoms with E-state index in [9.17, 15) is 10.1 Å². The van der Waals surface area contributed by atoms with Crippen LogP contribution in [0, 0.1) is 17.2 Å². The van der Waals surface area contributed by atoms with E-state index in [1.165, 1.54) is 0 Å². The van der Waals surface area contributed by atoms with E-state index in [1.807, 2.05) is 30.3 Å². The van der Waals surface area contributed by atoms with Crippen molar-refractivity contribution in [3.05, 3.63) is 45.7 Å². The Kier molecular flexibility index (Phi) is 4.06. The van der Waals surface area contributed by atoms with E-state index in [1.54, 1.807) is 0 Å². The van der Waals surface area contributed by atoms with Gasteiger partial charge in [-0.05, 0) is 11.6 Å². The number of rotatable bonds is 2. The van der Waals surface area contributed by atoms with Crippen molar-refractivity contribution in [1.82, 2.24) is 5.32 Å². The Labute approximate surface area is 129 Å². The van der Waals surface area contributed by atoms with Crippen LogP contribution in [0.5, 0.6) is 0 Å². The van der Waals surface area contributed by atoms with Gasteiger partial charge in [0.2, 0.25) is 5.91 Å². The number of hydrogen-bond donors (Lipinski definition) is 3. The lowest BCUT2D eigenvalue weighted by Crippen LogP contribution is -2.47. The van der Waals surface area contributed by atoms with Crippen molar-refractivity contribution in [2.24, 2.45) is 17.4 Å². The van der Waals surface area contributed by atoms with Gasteiger partial charge in [-0.15, -0.1) is 0 Å². The predicted octanol–water partition coefficient (Wildman–Crippen LogP) is 1.26. The number of carbonyl (C=O) groups excluding carboxylic acids is 1. The molecule has 20 heavy (non-hydrogen) atoms. The Bertz CT molecular complexity index is 665. The number of amides is 1. The lowest BCUT2D eigenvalue weighted by Gasteiger charge is -2.32. The summed E-state index contributed by atoms with van der Waals surface area (Å²) >= 11 is 8.57. The van der Waals surface area contributed by atoms with Crippen molar-refractivity contribution in [2.45, 2.75) is 5.92 Å². The Morgan fingerprint density at radius 1 is 1.45 bits per heavy atom. The zero-order valence-electron chi connectivity index (χ0n) is 10.3. The van der Waals surface area contributed by atoms with Crippen LogP contribution >= 0.6 is 28.1 Å². The zero-order chi connectivity index (χ0) is 14.9. The lowest BCUT2D eigenvalue weighted by molar-refractivity contribution is -0.120. The van der Waals surface area contributed by atoms with Crippen molar-refractivity contribution >= 4 is 39.0 Å². The molecule has 0 bridgehead atoms. The number of halogens is 1. The van der Waals surface area contributed by atoms with Crippen LogP contribution in [0.2, 0.25) is 0 Å². The van der Waals surface area contributed by atoms with E-state index in [0.29, 0.717) is 0 Å². The molecule has 0 saturated heterocycles. The topological polar surface area (TPSA) is 105 Å². The summed E-state index contributed by atoms with van der Waals surface area (Å²) in [5.41, 5.74) is 12.3. The Morgan fingerprint density at radius 3 is 2.65 bits per heavy atom. The third kappa shape index (κ3) is 2.40. The minimum atomic E-state index is -0.800. The van der Waals surface area contributed by atoms with Gasteiger partial charge >= 0.3 is 0 Å². The van der Waals surface area contributed by atoms with Gasteiger partial charge in [0.05, 0.1) is 16.6 Å². The van der Waals surface area contributed by atoms with E-state index in [2.05, 4.69) is 21.2 Å². The maximum Gasteiger partial charge on any atom is 0.228 e. The first-order valence-electron chi connectivity index (χ1n) is 5.71. The minimum Gasteiger partial charge on any atom is -0.384 e. The van der Waals surface area contributed by atoms with Crippen LogP contribution < -0.4 is 16.8 Å². The second kappa shape index (κ2) is 5.61. The second-order valence-corrected chi connectivity index (χ2v) is 5.60. The Balaban J connectivity index is 2.68. The quantitative estimate of drug-likeness (QED) is 0.696. The lowest BCUT2D eigenvalue weighted by atomic mass is 9.78. The molecule has 1 aromatic carbocycles. The summed E-state index contributed by atoms with van der Waals surface area (Å²) in [4.78, 5) is 12.0. The smallest absolute Gasteiger partial charge is 0.228 e. The van der Waals surface area contributed by atoms with Gasteiger partial charge in [0, 0.05) is 10.4 Å². The summed E-state index contributed by atoms with van der Waals surface area (Å²) in [6, 6.07) is 9.32. The summed E-state index contributed by atoms with van der Waals surface area (Å²) in [6.45, 7) is 0. The highest BCUT2D eigenvalue weighted by Gasteiger charge is 2.40.